The summed E-state index contributed by atoms with van der Waals surface area (Å²) in [5, 5.41) is 0. The Bertz CT molecular complexity index is 838. The summed E-state index contributed by atoms with van der Waals surface area (Å²) in [6.45, 7) is 2.25. The molecule has 0 aromatic heterocycles. The van der Waals surface area contributed by atoms with Gasteiger partial charge in [0.2, 0.25) is 0 Å². The molecule has 2 rings (SSSR count). The van der Waals surface area contributed by atoms with Gasteiger partial charge in [-0.1, -0.05) is 95.4 Å². The van der Waals surface area contributed by atoms with Gasteiger partial charge in [0.25, 0.3) is 0 Å². The van der Waals surface area contributed by atoms with E-state index in [0.29, 0.717) is 11.5 Å². The van der Waals surface area contributed by atoms with Crippen molar-refractivity contribution in [1.29, 1.82) is 0 Å². The minimum Gasteiger partial charge on any atom is -0.744 e. The molecular weight excluding hydrogens is 419 g/mol. The van der Waals surface area contributed by atoms with Crippen molar-refractivity contribution in [3.63, 3.8) is 0 Å². The zero-order valence-corrected chi connectivity index (χ0v) is 22.0. The molecule has 166 valence electrons. The normalized spacial score (nSPS) is 11.2. The maximum absolute atomic E-state index is 11.4. The molecule has 0 amide bonds. The van der Waals surface area contributed by atoms with E-state index in [-0.39, 0.29) is 34.5 Å². The first-order chi connectivity index (χ1) is 14.5. The van der Waals surface area contributed by atoms with Crippen molar-refractivity contribution in [1.82, 2.24) is 0 Å². The summed E-state index contributed by atoms with van der Waals surface area (Å²) in [5.74, 6) is 1.07. The molecule has 0 saturated carbocycles. The van der Waals surface area contributed by atoms with Crippen LogP contribution in [-0.2, 0) is 16.5 Å². The Hall–Kier alpha value is -0.850. The number of unbranched alkanes of at least 4 members (excludes halogenated alkanes) is 10. The molecule has 0 heterocycles. The van der Waals surface area contributed by atoms with Crippen LogP contribution in [0.1, 0.15) is 83.1 Å². The van der Waals surface area contributed by atoms with Crippen molar-refractivity contribution in [2.45, 2.75) is 88.9 Å². The van der Waals surface area contributed by atoms with E-state index in [9.17, 15) is 13.0 Å². The molecule has 0 radical (unpaired) electrons. The van der Waals surface area contributed by atoms with Crippen LogP contribution in [0.4, 0.5) is 0 Å². The Labute approximate surface area is 210 Å². The van der Waals surface area contributed by atoms with Crippen molar-refractivity contribution in [3.8, 4) is 11.5 Å². The second-order valence-corrected chi connectivity index (χ2v) is 9.30. The molecule has 0 bridgehead atoms. The molecule has 31 heavy (non-hydrogen) atoms. The van der Waals surface area contributed by atoms with E-state index in [0.717, 1.165) is 24.8 Å². The second kappa shape index (κ2) is 15.9. The van der Waals surface area contributed by atoms with E-state index in [4.69, 9.17) is 4.74 Å². The summed E-state index contributed by atoms with van der Waals surface area (Å²) in [6, 6.07) is 13.7. The first kappa shape index (κ1) is 28.2. The number of hydrogen-bond acceptors (Lipinski definition) is 4. The molecule has 0 atom stereocenters. The van der Waals surface area contributed by atoms with E-state index >= 15 is 0 Å². The van der Waals surface area contributed by atoms with Crippen LogP contribution in [0.3, 0.4) is 0 Å². The molecule has 2 aromatic rings. The molecular formula is C25H35NaO4S. The maximum Gasteiger partial charge on any atom is 1.00 e. The molecule has 0 spiro atoms. The fourth-order valence-corrected chi connectivity index (χ4v) is 4.07. The molecule has 0 N–H and O–H groups in total. The number of para-hydroxylation sites is 1. The third kappa shape index (κ3) is 11.5. The number of ether oxygens (including phenoxy) is 1. The average molecular weight is 455 g/mol. The van der Waals surface area contributed by atoms with E-state index in [1.54, 1.807) is 6.07 Å². The monoisotopic (exact) mass is 454 g/mol. The maximum atomic E-state index is 11.4. The van der Waals surface area contributed by atoms with Crippen LogP contribution in [0.15, 0.2) is 53.4 Å². The minimum absolute atomic E-state index is 0. The zero-order valence-electron chi connectivity index (χ0n) is 19.1. The van der Waals surface area contributed by atoms with Gasteiger partial charge in [-0.15, -0.1) is 0 Å². The Balaban J connectivity index is 0.00000480. The van der Waals surface area contributed by atoms with E-state index in [1.165, 1.54) is 69.9 Å². The number of benzene rings is 2. The first-order valence-corrected chi connectivity index (χ1v) is 12.7. The standard InChI is InChI=1S/C25H36O4S.Na/c1-2-3-4-5-6-7-8-9-10-11-13-16-22-19-20-24(30(26,27)28)21-25(22)29-23-17-14-12-15-18-23;/h12,14-15,17-21H,2-11,13,16H2,1H3,(H,26,27,28);/q;+1/p-1. The van der Waals surface area contributed by atoms with Gasteiger partial charge in [0, 0.05) is 0 Å². The van der Waals surface area contributed by atoms with Crippen LogP contribution < -0.4 is 34.3 Å². The van der Waals surface area contributed by atoms with Crippen molar-refractivity contribution >= 4 is 10.1 Å². The Morgan fingerprint density at radius 2 is 1.32 bits per heavy atom. The fourth-order valence-electron chi connectivity index (χ4n) is 3.59. The molecule has 0 aliphatic carbocycles. The van der Waals surface area contributed by atoms with Crippen molar-refractivity contribution < 1.29 is 47.3 Å². The van der Waals surface area contributed by atoms with Gasteiger partial charge in [-0.25, -0.2) is 8.42 Å². The van der Waals surface area contributed by atoms with Crippen LogP contribution in [0.25, 0.3) is 0 Å². The van der Waals surface area contributed by atoms with Crippen LogP contribution in [0.2, 0.25) is 0 Å². The topological polar surface area (TPSA) is 66.4 Å². The molecule has 0 fully saturated rings. The first-order valence-electron chi connectivity index (χ1n) is 11.3. The van der Waals surface area contributed by atoms with Gasteiger partial charge in [-0.05, 0) is 42.7 Å². The van der Waals surface area contributed by atoms with Gasteiger partial charge >= 0.3 is 29.6 Å². The SMILES string of the molecule is CCCCCCCCCCCCCc1ccc(S(=O)(=O)[O-])cc1Oc1ccccc1.[Na+]. The summed E-state index contributed by atoms with van der Waals surface area (Å²) in [6.07, 6.45) is 14.9. The number of rotatable bonds is 15. The van der Waals surface area contributed by atoms with Gasteiger partial charge in [-0.2, -0.15) is 0 Å². The van der Waals surface area contributed by atoms with E-state index in [1.807, 2.05) is 30.3 Å². The van der Waals surface area contributed by atoms with Crippen LogP contribution >= 0.6 is 0 Å². The van der Waals surface area contributed by atoms with Crippen molar-refractivity contribution in [3.05, 3.63) is 54.1 Å². The molecule has 0 saturated heterocycles. The number of hydrogen-bond donors (Lipinski definition) is 0. The predicted molar refractivity (Wildman–Crippen MR) is 121 cm³/mol. The summed E-state index contributed by atoms with van der Waals surface area (Å²) in [5.41, 5.74) is 0.933. The third-order valence-electron chi connectivity index (χ3n) is 5.35. The molecule has 2 aromatic carbocycles. The molecule has 0 aliphatic heterocycles. The van der Waals surface area contributed by atoms with Gasteiger partial charge in [-0.3, -0.25) is 0 Å². The molecule has 0 aliphatic rings. The summed E-state index contributed by atoms with van der Waals surface area (Å²) in [4.78, 5) is -0.254. The predicted octanol–water partition coefficient (Wildman–Crippen LogP) is 4.24. The van der Waals surface area contributed by atoms with Crippen LogP contribution in [0, 0.1) is 0 Å². The largest absolute Gasteiger partial charge is 1.00 e. The quantitative estimate of drug-likeness (QED) is 0.229. The van der Waals surface area contributed by atoms with Gasteiger partial charge < -0.3 is 9.29 Å². The van der Waals surface area contributed by atoms with Crippen LogP contribution in [0.5, 0.6) is 11.5 Å². The fraction of sp³-hybridized carbons (Fsp3) is 0.520. The average Bonchev–Trinajstić information content (AvgIpc) is 2.73. The smallest absolute Gasteiger partial charge is 0.744 e. The van der Waals surface area contributed by atoms with Gasteiger partial charge in [0.05, 0.1) is 4.90 Å². The third-order valence-corrected chi connectivity index (χ3v) is 6.18. The number of aryl methyl sites for hydroxylation is 1. The van der Waals surface area contributed by atoms with Crippen molar-refractivity contribution in [2.75, 3.05) is 0 Å². The summed E-state index contributed by atoms with van der Waals surface area (Å²) in [7, 11) is -4.51. The Kier molecular flexibility index (Phi) is 14.4. The van der Waals surface area contributed by atoms with E-state index in [2.05, 4.69) is 6.92 Å². The summed E-state index contributed by atoms with van der Waals surface area (Å²) >= 11 is 0. The Morgan fingerprint density at radius 1 is 0.774 bits per heavy atom. The Morgan fingerprint density at radius 3 is 1.87 bits per heavy atom. The molecule has 6 heteroatoms. The second-order valence-electron chi connectivity index (χ2n) is 7.92. The zero-order chi connectivity index (χ0) is 21.7. The molecule has 0 unspecified atom stereocenters. The van der Waals surface area contributed by atoms with Crippen molar-refractivity contribution in [2.24, 2.45) is 0 Å². The van der Waals surface area contributed by atoms with Gasteiger partial charge in [0.15, 0.2) is 0 Å². The summed E-state index contributed by atoms with van der Waals surface area (Å²) < 4.78 is 40.1. The van der Waals surface area contributed by atoms with Gasteiger partial charge in [0.1, 0.15) is 21.6 Å². The van der Waals surface area contributed by atoms with Crippen LogP contribution in [-0.4, -0.2) is 13.0 Å². The minimum atomic E-state index is -4.51. The van der Waals surface area contributed by atoms with E-state index < -0.39 is 10.1 Å². The molecule has 4 nitrogen and oxygen atoms in total.